The van der Waals surface area contributed by atoms with Crippen molar-refractivity contribution in [3.8, 4) is 11.5 Å². The number of hydrogen-bond donors (Lipinski definition) is 0. The largest absolute Gasteiger partial charge is 0.419 e. The molecule has 1 fully saturated rings. The van der Waals surface area contributed by atoms with Crippen LogP contribution < -0.4 is 0 Å². The van der Waals surface area contributed by atoms with Gasteiger partial charge < -0.3 is 4.42 Å². The first-order valence-electron chi connectivity index (χ1n) is 8.50. The van der Waals surface area contributed by atoms with Gasteiger partial charge >= 0.3 is 0 Å². The van der Waals surface area contributed by atoms with E-state index in [1.54, 1.807) is 23.5 Å². The van der Waals surface area contributed by atoms with E-state index >= 15 is 0 Å². The van der Waals surface area contributed by atoms with Crippen molar-refractivity contribution < 1.29 is 12.8 Å². The monoisotopic (exact) mass is 389 g/mol. The SMILES string of the molecule is Cc1ccc(S(=O)(=O)N2CCCC[C@H]2c2nnc(-c3ccsc3)o2)cc1. The van der Waals surface area contributed by atoms with Crippen LogP contribution in [0.1, 0.15) is 36.8 Å². The Morgan fingerprint density at radius 1 is 1.15 bits per heavy atom. The van der Waals surface area contributed by atoms with Crippen molar-refractivity contribution in [3.05, 3.63) is 52.5 Å². The summed E-state index contributed by atoms with van der Waals surface area (Å²) in [6.07, 6.45) is 2.43. The van der Waals surface area contributed by atoms with Gasteiger partial charge in [0.25, 0.3) is 0 Å². The molecule has 0 bridgehead atoms. The average Bonchev–Trinajstić information content (AvgIpc) is 3.34. The Hall–Kier alpha value is -2.03. The minimum Gasteiger partial charge on any atom is -0.419 e. The van der Waals surface area contributed by atoms with Gasteiger partial charge in [-0.2, -0.15) is 15.6 Å². The molecular formula is C18H19N3O3S2. The zero-order valence-corrected chi connectivity index (χ0v) is 16.0. The minimum atomic E-state index is -3.61. The smallest absolute Gasteiger partial charge is 0.248 e. The van der Waals surface area contributed by atoms with Crippen molar-refractivity contribution >= 4 is 21.4 Å². The number of thiophene rings is 1. The first-order valence-corrected chi connectivity index (χ1v) is 10.9. The lowest BCUT2D eigenvalue weighted by Crippen LogP contribution is -2.38. The Balaban J connectivity index is 1.67. The molecule has 0 spiro atoms. The van der Waals surface area contributed by atoms with Crippen LogP contribution in [0.2, 0.25) is 0 Å². The number of aromatic nitrogens is 2. The molecule has 0 N–H and O–H groups in total. The first-order chi connectivity index (χ1) is 12.6. The summed E-state index contributed by atoms with van der Waals surface area (Å²) in [7, 11) is -3.61. The molecule has 1 aliphatic rings. The maximum Gasteiger partial charge on any atom is 0.248 e. The van der Waals surface area contributed by atoms with Gasteiger partial charge in [-0.1, -0.05) is 24.1 Å². The van der Waals surface area contributed by atoms with Crippen LogP contribution in [-0.4, -0.2) is 29.5 Å². The summed E-state index contributed by atoms with van der Waals surface area (Å²) in [4.78, 5) is 0.299. The highest BCUT2D eigenvalue weighted by molar-refractivity contribution is 7.89. The summed E-state index contributed by atoms with van der Waals surface area (Å²) in [6.45, 7) is 2.39. The molecule has 0 aliphatic carbocycles. The summed E-state index contributed by atoms with van der Waals surface area (Å²) in [5, 5.41) is 12.1. The van der Waals surface area contributed by atoms with Gasteiger partial charge in [0, 0.05) is 17.5 Å². The van der Waals surface area contributed by atoms with E-state index in [2.05, 4.69) is 10.2 Å². The molecule has 3 aromatic rings. The summed E-state index contributed by atoms with van der Waals surface area (Å²) < 4.78 is 33.6. The highest BCUT2D eigenvalue weighted by atomic mass is 32.2. The molecule has 2 aromatic heterocycles. The van der Waals surface area contributed by atoms with Crippen molar-refractivity contribution in [2.24, 2.45) is 0 Å². The van der Waals surface area contributed by atoms with Crippen LogP contribution in [-0.2, 0) is 10.0 Å². The van der Waals surface area contributed by atoms with E-state index in [9.17, 15) is 8.42 Å². The Labute approximate surface area is 156 Å². The van der Waals surface area contributed by atoms with E-state index < -0.39 is 16.1 Å². The van der Waals surface area contributed by atoms with Gasteiger partial charge in [-0.05, 0) is 43.3 Å². The molecule has 1 aromatic carbocycles. The zero-order valence-electron chi connectivity index (χ0n) is 14.3. The van der Waals surface area contributed by atoms with E-state index in [1.165, 1.54) is 4.31 Å². The summed E-state index contributed by atoms with van der Waals surface area (Å²) in [5.41, 5.74) is 1.88. The summed E-state index contributed by atoms with van der Waals surface area (Å²) in [6, 6.07) is 8.42. The lowest BCUT2D eigenvalue weighted by molar-refractivity contribution is 0.220. The highest BCUT2D eigenvalue weighted by Gasteiger charge is 2.37. The van der Waals surface area contributed by atoms with E-state index in [4.69, 9.17) is 4.42 Å². The molecular weight excluding hydrogens is 370 g/mol. The van der Waals surface area contributed by atoms with Gasteiger partial charge in [0.2, 0.25) is 21.8 Å². The van der Waals surface area contributed by atoms with Gasteiger partial charge in [-0.3, -0.25) is 0 Å². The molecule has 8 heteroatoms. The van der Waals surface area contributed by atoms with Crippen LogP contribution in [0.5, 0.6) is 0 Å². The topological polar surface area (TPSA) is 76.3 Å². The predicted molar refractivity (Wildman–Crippen MR) is 99.3 cm³/mol. The van der Waals surface area contributed by atoms with E-state index in [0.717, 1.165) is 24.0 Å². The van der Waals surface area contributed by atoms with Crippen LogP contribution in [0.25, 0.3) is 11.5 Å². The van der Waals surface area contributed by atoms with Crippen LogP contribution in [0.15, 0.2) is 50.4 Å². The Kier molecular flexibility index (Phi) is 4.64. The number of piperidine rings is 1. The number of nitrogens with zero attached hydrogens (tertiary/aromatic N) is 3. The van der Waals surface area contributed by atoms with E-state index in [0.29, 0.717) is 29.6 Å². The molecule has 0 unspecified atom stereocenters. The van der Waals surface area contributed by atoms with Gasteiger partial charge in [0.05, 0.1) is 4.90 Å². The van der Waals surface area contributed by atoms with Gasteiger partial charge in [-0.15, -0.1) is 10.2 Å². The van der Waals surface area contributed by atoms with Crippen LogP contribution >= 0.6 is 11.3 Å². The molecule has 26 heavy (non-hydrogen) atoms. The predicted octanol–water partition coefficient (Wildman–Crippen LogP) is 4.02. The molecule has 4 rings (SSSR count). The highest BCUT2D eigenvalue weighted by Crippen LogP contribution is 2.36. The van der Waals surface area contributed by atoms with Gasteiger partial charge in [0.15, 0.2) is 0 Å². The van der Waals surface area contributed by atoms with Crippen molar-refractivity contribution in [3.63, 3.8) is 0 Å². The van der Waals surface area contributed by atoms with Crippen molar-refractivity contribution in [2.45, 2.75) is 37.1 Å². The summed E-state index contributed by atoms with van der Waals surface area (Å²) >= 11 is 1.55. The molecule has 1 saturated heterocycles. The Morgan fingerprint density at radius 2 is 1.96 bits per heavy atom. The second kappa shape index (κ2) is 6.94. The molecule has 136 valence electrons. The molecule has 6 nitrogen and oxygen atoms in total. The number of hydrogen-bond acceptors (Lipinski definition) is 6. The van der Waals surface area contributed by atoms with Crippen LogP contribution in [0.4, 0.5) is 0 Å². The Morgan fingerprint density at radius 3 is 2.69 bits per heavy atom. The molecule has 0 radical (unpaired) electrons. The average molecular weight is 390 g/mol. The van der Waals surface area contributed by atoms with Crippen molar-refractivity contribution in [1.29, 1.82) is 0 Å². The molecule has 1 aliphatic heterocycles. The number of aryl methyl sites for hydroxylation is 1. The van der Waals surface area contributed by atoms with Crippen LogP contribution in [0, 0.1) is 6.92 Å². The maximum absolute atomic E-state index is 13.2. The second-order valence-corrected chi connectivity index (χ2v) is 9.07. The van der Waals surface area contributed by atoms with Crippen LogP contribution in [0.3, 0.4) is 0 Å². The van der Waals surface area contributed by atoms with Crippen molar-refractivity contribution in [2.75, 3.05) is 6.54 Å². The molecule has 0 saturated carbocycles. The third-order valence-electron chi connectivity index (χ3n) is 4.58. The number of sulfonamides is 1. The summed E-state index contributed by atoms with van der Waals surface area (Å²) in [5.74, 6) is 0.793. The Bertz CT molecular complexity index is 979. The first kappa shape index (κ1) is 17.4. The van der Waals surface area contributed by atoms with Gasteiger partial charge in [-0.25, -0.2) is 8.42 Å². The minimum absolute atomic E-state index is 0.299. The fraction of sp³-hybridized carbons (Fsp3) is 0.333. The molecule has 0 amide bonds. The lowest BCUT2D eigenvalue weighted by atomic mass is 10.1. The molecule has 3 heterocycles. The maximum atomic E-state index is 13.2. The second-order valence-electron chi connectivity index (χ2n) is 6.40. The fourth-order valence-corrected chi connectivity index (χ4v) is 5.44. The normalized spacial score (nSPS) is 18.9. The van der Waals surface area contributed by atoms with E-state index in [1.807, 2.05) is 35.9 Å². The zero-order chi connectivity index (χ0) is 18.1. The third-order valence-corrected chi connectivity index (χ3v) is 7.18. The standard InChI is InChI=1S/C18H19N3O3S2/c1-13-5-7-15(8-6-13)26(22,23)21-10-3-2-4-16(21)18-20-19-17(24-18)14-9-11-25-12-14/h5-9,11-12,16H,2-4,10H2,1H3/t16-/m0/s1. The van der Waals surface area contributed by atoms with Gasteiger partial charge in [0.1, 0.15) is 6.04 Å². The third kappa shape index (κ3) is 3.20. The lowest BCUT2D eigenvalue weighted by Gasteiger charge is -2.32. The van der Waals surface area contributed by atoms with Crippen molar-refractivity contribution in [1.82, 2.24) is 14.5 Å². The fourth-order valence-electron chi connectivity index (χ4n) is 3.16. The number of rotatable bonds is 4. The quantitative estimate of drug-likeness (QED) is 0.673. The number of benzene rings is 1. The molecule has 1 atom stereocenters. The van der Waals surface area contributed by atoms with E-state index in [-0.39, 0.29) is 0 Å².